The number of nitro groups is 2. The lowest BCUT2D eigenvalue weighted by atomic mass is 10.1. The normalized spacial score (nSPS) is 12.4. The Bertz CT molecular complexity index is 658. The molecule has 0 heterocycles. The fourth-order valence-electron chi connectivity index (χ4n) is 1.56. The molecular formula is C13H16N4O6. The van der Waals surface area contributed by atoms with Crippen LogP contribution in [-0.4, -0.2) is 28.1 Å². The molecule has 0 amide bonds. The molecule has 0 fully saturated rings. The SMILES string of the molecule is CCOC(=O)[C@H](C)/C(C)=N/Nc1ccc([N+](=O)[O-])cc1[N+](=O)[O-]. The van der Waals surface area contributed by atoms with Crippen molar-refractivity contribution in [1.29, 1.82) is 0 Å². The number of carbonyl (C=O) groups excluding carboxylic acids is 1. The third kappa shape index (κ3) is 4.73. The Morgan fingerprint density at radius 3 is 2.52 bits per heavy atom. The number of esters is 1. The summed E-state index contributed by atoms with van der Waals surface area (Å²) in [5.41, 5.74) is 1.91. The second kappa shape index (κ2) is 7.82. The molecule has 0 saturated carbocycles. The van der Waals surface area contributed by atoms with Gasteiger partial charge in [-0.3, -0.25) is 30.4 Å². The first kappa shape index (κ1) is 18.0. The molecule has 1 aromatic rings. The third-order valence-corrected chi connectivity index (χ3v) is 3.01. The van der Waals surface area contributed by atoms with Crippen molar-refractivity contribution >= 4 is 28.7 Å². The number of hydrogen-bond acceptors (Lipinski definition) is 8. The van der Waals surface area contributed by atoms with Gasteiger partial charge in [0.1, 0.15) is 5.69 Å². The Balaban J connectivity index is 3.00. The van der Waals surface area contributed by atoms with E-state index in [2.05, 4.69) is 10.5 Å². The third-order valence-electron chi connectivity index (χ3n) is 3.01. The molecule has 0 radical (unpaired) electrons. The van der Waals surface area contributed by atoms with Crippen LogP contribution in [0.5, 0.6) is 0 Å². The van der Waals surface area contributed by atoms with Crippen LogP contribution in [0.25, 0.3) is 0 Å². The van der Waals surface area contributed by atoms with Gasteiger partial charge in [-0.1, -0.05) is 0 Å². The van der Waals surface area contributed by atoms with Gasteiger partial charge < -0.3 is 4.74 Å². The molecule has 1 rings (SSSR count). The summed E-state index contributed by atoms with van der Waals surface area (Å²) in [6.45, 7) is 5.06. The van der Waals surface area contributed by atoms with Gasteiger partial charge in [0.15, 0.2) is 0 Å². The lowest BCUT2D eigenvalue weighted by Crippen LogP contribution is -2.22. The lowest BCUT2D eigenvalue weighted by Gasteiger charge is -2.10. The minimum Gasteiger partial charge on any atom is -0.465 e. The second-order valence-corrected chi connectivity index (χ2v) is 4.55. The standard InChI is InChI=1S/C13H16N4O6/c1-4-23-13(18)8(2)9(3)14-15-11-6-5-10(16(19)20)7-12(11)17(21)22/h5-8,15H,4H2,1-3H3/b14-9+/t8-/m1/s1. The van der Waals surface area contributed by atoms with Crippen molar-refractivity contribution in [2.45, 2.75) is 20.8 Å². The molecule has 124 valence electrons. The molecule has 0 aromatic heterocycles. The smallest absolute Gasteiger partial charge is 0.314 e. The van der Waals surface area contributed by atoms with Crippen LogP contribution in [0.2, 0.25) is 0 Å². The number of non-ortho nitro benzene ring substituents is 1. The van der Waals surface area contributed by atoms with Crippen molar-refractivity contribution < 1.29 is 19.4 Å². The number of nitrogens with zero attached hydrogens (tertiary/aromatic N) is 3. The number of hydrogen-bond donors (Lipinski definition) is 1. The van der Waals surface area contributed by atoms with Crippen LogP contribution >= 0.6 is 0 Å². The molecule has 10 nitrogen and oxygen atoms in total. The van der Waals surface area contributed by atoms with Gasteiger partial charge in [0.2, 0.25) is 0 Å². The number of carbonyl (C=O) groups is 1. The Kier molecular flexibility index (Phi) is 6.13. The molecule has 0 unspecified atom stereocenters. The zero-order chi connectivity index (χ0) is 17.6. The van der Waals surface area contributed by atoms with Gasteiger partial charge in [-0.2, -0.15) is 5.10 Å². The summed E-state index contributed by atoms with van der Waals surface area (Å²) in [5.74, 6) is -1.09. The van der Waals surface area contributed by atoms with Gasteiger partial charge in [0.05, 0.1) is 28.4 Å². The first-order valence-corrected chi connectivity index (χ1v) is 6.67. The molecule has 0 aliphatic carbocycles. The lowest BCUT2D eigenvalue weighted by molar-refractivity contribution is -0.393. The Morgan fingerprint density at radius 1 is 1.35 bits per heavy atom. The van der Waals surface area contributed by atoms with Gasteiger partial charge >= 0.3 is 11.7 Å². The number of nitro benzene ring substituents is 2. The maximum atomic E-state index is 11.6. The zero-order valence-electron chi connectivity index (χ0n) is 12.8. The maximum absolute atomic E-state index is 11.6. The predicted molar refractivity (Wildman–Crippen MR) is 82.3 cm³/mol. The monoisotopic (exact) mass is 324 g/mol. The van der Waals surface area contributed by atoms with Crippen LogP contribution < -0.4 is 5.43 Å². The van der Waals surface area contributed by atoms with Crippen molar-refractivity contribution in [2.75, 3.05) is 12.0 Å². The average molecular weight is 324 g/mol. The molecule has 23 heavy (non-hydrogen) atoms. The Labute approximate surface area is 131 Å². The molecule has 10 heteroatoms. The largest absolute Gasteiger partial charge is 0.465 e. The van der Waals surface area contributed by atoms with Crippen LogP contribution in [0, 0.1) is 26.1 Å². The average Bonchev–Trinajstić information content (AvgIpc) is 2.51. The minimum absolute atomic E-state index is 0.0176. The van der Waals surface area contributed by atoms with E-state index in [0.717, 1.165) is 12.1 Å². The zero-order valence-corrected chi connectivity index (χ0v) is 12.8. The quantitative estimate of drug-likeness (QED) is 0.352. The second-order valence-electron chi connectivity index (χ2n) is 4.55. The number of rotatable bonds is 7. The van der Waals surface area contributed by atoms with Crippen molar-refractivity contribution in [2.24, 2.45) is 11.0 Å². The summed E-state index contributed by atoms with van der Waals surface area (Å²) in [6.07, 6.45) is 0. The van der Waals surface area contributed by atoms with E-state index in [1.54, 1.807) is 20.8 Å². The predicted octanol–water partition coefficient (Wildman–Crippen LogP) is 2.49. The molecule has 0 bridgehead atoms. The Morgan fingerprint density at radius 2 is 2.00 bits per heavy atom. The highest BCUT2D eigenvalue weighted by Gasteiger charge is 2.20. The molecule has 1 N–H and O–H groups in total. The van der Waals surface area contributed by atoms with Crippen LogP contribution in [-0.2, 0) is 9.53 Å². The fourth-order valence-corrected chi connectivity index (χ4v) is 1.56. The number of nitrogens with one attached hydrogen (secondary N) is 1. The molecule has 0 aliphatic rings. The van der Waals surface area contributed by atoms with Gasteiger partial charge in [-0.25, -0.2) is 0 Å². The summed E-state index contributed by atoms with van der Waals surface area (Å²) in [6, 6.07) is 3.14. The highest BCUT2D eigenvalue weighted by molar-refractivity contribution is 6.00. The summed E-state index contributed by atoms with van der Waals surface area (Å²) >= 11 is 0. The van der Waals surface area contributed by atoms with Crippen molar-refractivity contribution in [3.05, 3.63) is 38.4 Å². The Hall–Kier alpha value is -3.04. The van der Waals surface area contributed by atoms with Gasteiger partial charge in [-0.15, -0.1) is 0 Å². The van der Waals surface area contributed by atoms with E-state index in [9.17, 15) is 25.0 Å². The molecule has 1 aromatic carbocycles. The molecule has 1 atom stereocenters. The van der Waals surface area contributed by atoms with E-state index in [1.165, 1.54) is 6.07 Å². The molecule has 0 saturated heterocycles. The molecule has 0 aliphatic heterocycles. The van der Waals surface area contributed by atoms with E-state index in [-0.39, 0.29) is 12.3 Å². The van der Waals surface area contributed by atoms with Crippen LogP contribution in [0.3, 0.4) is 0 Å². The van der Waals surface area contributed by atoms with Crippen LogP contribution in [0.15, 0.2) is 23.3 Å². The molecule has 0 spiro atoms. The van der Waals surface area contributed by atoms with Gasteiger partial charge in [0.25, 0.3) is 5.69 Å². The van der Waals surface area contributed by atoms with E-state index in [4.69, 9.17) is 4.74 Å². The minimum atomic E-state index is -0.755. The van der Waals surface area contributed by atoms with Crippen molar-refractivity contribution in [1.82, 2.24) is 0 Å². The number of ether oxygens (including phenoxy) is 1. The fraction of sp³-hybridized carbons (Fsp3) is 0.385. The summed E-state index contributed by atoms with van der Waals surface area (Å²) < 4.78 is 4.85. The first-order chi connectivity index (χ1) is 10.8. The maximum Gasteiger partial charge on any atom is 0.314 e. The summed E-state index contributed by atoms with van der Waals surface area (Å²) in [5, 5.41) is 25.6. The molecular weight excluding hydrogens is 308 g/mol. The van der Waals surface area contributed by atoms with E-state index >= 15 is 0 Å². The van der Waals surface area contributed by atoms with Crippen molar-refractivity contribution in [3.63, 3.8) is 0 Å². The van der Waals surface area contributed by atoms with E-state index in [0.29, 0.717) is 5.71 Å². The topological polar surface area (TPSA) is 137 Å². The first-order valence-electron chi connectivity index (χ1n) is 6.67. The van der Waals surface area contributed by atoms with Crippen LogP contribution in [0.1, 0.15) is 20.8 Å². The van der Waals surface area contributed by atoms with Crippen molar-refractivity contribution in [3.8, 4) is 0 Å². The number of benzene rings is 1. The summed E-state index contributed by atoms with van der Waals surface area (Å²) in [7, 11) is 0. The number of hydrazone groups is 1. The van der Waals surface area contributed by atoms with E-state index < -0.39 is 33.1 Å². The highest BCUT2D eigenvalue weighted by atomic mass is 16.6. The van der Waals surface area contributed by atoms with Gasteiger partial charge in [0, 0.05) is 11.8 Å². The van der Waals surface area contributed by atoms with Crippen LogP contribution in [0.4, 0.5) is 17.1 Å². The summed E-state index contributed by atoms with van der Waals surface area (Å²) in [4.78, 5) is 31.7. The number of anilines is 1. The highest BCUT2D eigenvalue weighted by Crippen LogP contribution is 2.29. The van der Waals surface area contributed by atoms with E-state index in [1.807, 2.05) is 0 Å². The van der Waals surface area contributed by atoms with Gasteiger partial charge in [-0.05, 0) is 26.8 Å².